The average molecular weight is 420 g/mol. The molecule has 5 N–H and O–H groups in total. The van der Waals surface area contributed by atoms with Crippen molar-refractivity contribution in [1.29, 1.82) is 0 Å². The molecule has 6 heteroatoms. The highest BCUT2D eigenvalue weighted by atomic mass is 16.3. The van der Waals surface area contributed by atoms with Crippen LogP contribution in [0.2, 0.25) is 0 Å². The summed E-state index contributed by atoms with van der Waals surface area (Å²) in [7, 11) is 0. The molecule has 0 spiro atoms. The number of carbonyl (C=O) groups excluding carboxylic acids is 2. The maximum absolute atomic E-state index is 12.8. The molecule has 0 aliphatic rings. The summed E-state index contributed by atoms with van der Waals surface area (Å²) in [6.07, 6.45) is 1.96. The molecule has 0 radical (unpaired) electrons. The van der Waals surface area contributed by atoms with Crippen molar-refractivity contribution in [1.82, 2.24) is 5.32 Å². The van der Waals surface area contributed by atoms with Gasteiger partial charge in [-0.1, -0.05) is 54.5 Å². The number of aromatic hydroxyl groups is 1. The van der Waals surface area contributed by atoms with Gasteiger partial charge in [-0.3, -0.25) is 9.59 Å². The minimum absolute atomic E-state index is 0.00355. The zero-order valence-corrected chi connectivity index (χ0v) is 19.9. The number of nitrogens with one attached hydrogen (secondary N) is 2. The van der Waals surface area contributed by atoms with E-state index in [-0.39, 0.29) is 28.9 Å². The molecule has 0 aromatic heterocycles. The van der Waals surface area contributed by atoms with Gasteiger partial charge in [0, 0.05) is 0 Å². The Bertz CT molecular complexity index is 723. The van der Waals surface area contributed by atoms with E-state index in [1.807, 2.05) is 26.0 Å². The van der Waals surface area contributed by atoms with Crippen molar-refractivity contribution >= 4 is 17.5 Å². The minimum Gasteiger partial charge on any atom is -0.506 e. The molecule has 4 atom stereocenters. The number of nitrogens with two attached hydrogens (primary N) is 1. The lowest BCUT2D eigenvalue weighted by Crippen LogP contribution is -2.51. The van der Waals surface area contributed by atoms with E-state index in [0.717, 1.165) is 18.4 Å². The second kappa shape index (κ2) is 10.8. The first-order chi connectivity index (χ1) is 13.7. The number of phenols is 1. The highest BCUT2D eigenvalue weighted by Gasteiger charge is 2.26. The van der Waals surface area contributed by atoms with E-state index >= 15 is 0 Å². The summed E-state index contributed by atoms with van der Waals surface area (Å²) in [5.41, 5.74) is 7.28. The zero-order chi connectivity index (χ0) is 23.2. The lowest BCUT2D eigenvalue weighted by atomic mass is 9.76. The van der Waals surface area contributed by atoms with E-state index in [0.29, 0.717) is 17.5 Å². The van der Waals surface area contributed by atoms with E-state index in [4.69, 9.17) is 5.73 Å². The van der Waals surface area contributed by atoms with Crippen molar-refractivity contribution in [2.45, 2.75) is 80.3 Å². The lowest BCUT2D eigenvalue weighted by Gasteiger charge is -2.29. The third-order valence-corrected chi connectivity index (χ3v) is 5.80. The van der Waals surface area contributed by atoms with Crippen LogP contribution in [0.15, 0.2) is 18.2 Å². The molecular formula is C24H41N3O3. The van der Waals surface area contributed by atoms with Crippen LogP contribution in [0.5, 0.6) is 5.75 Å². The average Bonchev–Trinajstić information content (AvgIpc) is 2.60. The van der Waals surface area contributed by atoms with Gasteiger partial charge in [0.05, 0.1) is 11.7 Å². The summed E-state index contributed by atoms with van der Waals surface area (Å²) < 4.78 is 0. The molecule has 0 aliphatic heterocycles. The number of carbonyl (C=O) groups is 2. The van der Waals surface area contributed by atoms with Gasteiger partial charge in [-0.15, -0.1) is 0 Å². The number of phenolic OH excluding ortho intramolecular Hbond substituents is 1. The van der Waals surface area contributed by atoms with Crippen LogP contribution in [0.3, 0.4) is 0 Å². The van der Waals surface area contributed by atoms with Gasteiger partial charge in [0.2, 0.25) is 11.8 Å². The lowest BCUT2D eigenvalue weighted by molar-refractivity contribution is -0.127. The third kappa shape index (κ3) is 7.98. The van der Waals surface area contributed by atoms with Gasteiger partial charge in [-0.2, -0.15) is 0 Å². The van der Waals surface area contributed by atoms with E-state index in [1.54, 1.807) is 13.0 Å². The minimum atomic E-state index is -0.738. The van der Waals surface area contributed by atoms with Crippen LogP contribution < -0.4 is 16.4 Å². The first kappa shape index (κ1) is 26.0. The Morgan fingerprint density at radius 2 is 1.67 bits per heavy atom. The molecule has 0 saturated carbocycles. The smallest absolute Gasteiger partial charge is 0.247 e. The number of amides is 2. The molecule has 1 aromatic carbocycles. The molecule has 170 valence electrons. The van der Waals surface area contributed by atoms with E-state index in [9.17, 15) is 14.7 Å². The number of rotatable bonds is 9. The highest BCUT2D eigenvalue weighted by molar-refractivity contribution is 5.98. The second-order valence-corrected chi connectivity index (χ2v) is 10.2. The largest absolute Gasteiger partial charge is 0.506 e. The van der Waals surface area contributed by atoms with Crippen molar-refractivity contribution < 1.29 is 14.7 Å². The Hall–Kier alpha value is -2.08. The molecule has 1 rings (SSSR count). The summed E-state index contributed by atoms with van der Waals surface area (Å²) >= 11 is 0. The Morgan fingerprint density at radius 1 is 1.07 bits per heavy atom. The summed E-state index contributed by atoms with van der Waals surface area (Å²) in [5.74, 6) is 0.176. The first-order valence-electron chi connectivity index (χ1n) is 10.9. The van der Waals surface area contributed by atoms with Crippen molar-refractivity contribution in [3.8, 4) is 5.75 Å². The topological polar surface area (TPSA) is 104 Å². The zero-order valence-electron chi connectivity index (χ0n) is 19.9. The van der Waals surface area contributed by atoms with Gasteiger partial charge in [-0.25, -0.2) is 0 Å². The summed E-state index contributed by atoms with van der Waals surface area (Å²) in [4.78, 5) is 24.7. The third-order valence-electron chi connectivity index (χ3n) is 5.80. The Balaban J connectivity index is 2.90. The van der Waals surface area contributed by atoms with Gasteiger partial charge in [0.1, 0.15) is 11.8 Å². The van der Waals surface area contributed by atoms with E-state index in [2.05, 4.69) is 45.3 Å². The standard InChI is InChI=1S/C24H41N3O3/c1-14(2)21(27-22(29)17(5)25)23(30)26-19-13-18(9-10-20(19)28)12-15(3)11-16(4)24(6,7)8/h9-10,13-17,21,28H,11-12,25H2,1-8H3,(H,26,30)(H,27,29)/t15-,16?,17?,21?/m1/s1. The van der Waals surface area contributed by atoms with Crippen LogP contribution in [0.4, 0.5) is 5.69 Å². The molecule has 0 heterocycles. The van der Waals surface area contributed by atoms with Crippen LogP contribution in [-0.2, 0) is 16.0 Å². The molecule has 0 saturated heterocycles. The van der Waals surface area contributed by atoms with E-state index < -0.39 is 12.1 Å². The van der Waals surface area contributed by atoms with Crippen LogP contribution >= 0.6 is 0 Å². The predicted octanol–water partition coefficient (Wildman–Crippen LogP) is 4.07. The van der Waals surface area contributed by atoms with Gasteiger partial charge in [0.15, 0.2) is 0 Å². The SMILES string of the molecule is CC(N)C(=O)NC(C(=O)Nc1cc(C[C@H](C)CC(C)C(C)(C)C)ccc1O)C(C)C. The van der Waals surface area contributed by atoms with Crippen LogP contribution in [0.1, 0.15) is 67.4 Å². The maximum atomic E-state index is 12.8. The Kier molecular flexibility index (Phi) is 9.35. The maximum Gasteiger partial charge on any atom is 0.247 e. The van der Waals surface area contributed by atoms with Crippen LogP contribution in [0.25, 0.3) is 0 Å². The number of anilines is 1. The fraction of sp³-hybridized carbons (Fsp3) is 0.667. The van der Waals surface area contributed by atoms with Crippen molar-refractivity contribution in [3.63, 3.8) is 0 Å². The number of benzene rings is 1. The van der Waals surface area contributed by atoms with Crippen molar-refractivity contribution in [3.05, 3.63) is 23.8 Å². The molecule has 0 bridgehead atoms. The molecular weight excluding hydrogens is 378 g/mol. The normalized spacial score (nSPS) is 15.9. The highest BCUT2D eigenvalue weighted by Crippen LogP contribution is 2.32. The predicted molar refractivity (Wildman–Crippen MR) is 123 cm³/mol. The summed E-state index contributed by atoms with van der Waals surface area (Å²) in [5, 5.41) is 15.7. The fourth-order valence-corrected chi connectivity index (χ4v) is 3.28. The van der Waals surface area contributed by atoms with Crippen molar-refractivity contribution in [2.24, 2.45) is 28.9 Å². The Morgan fingerprint density at radius 3 is 2.17 bits per heavy atom. The molecule has 3 unspecified atom stereocenters. The van der Waals surface area contributed by atoms with E-state index in [1.165, 1.54) is 0 Å². The molecule has 1 aromatic rings. The van der Waals surface area contributed by atoms with Gasteiger partial charge in [-0.05, 0) is 60.6 Å². The summed E-state index contributed by atoms with van der Waals surface area (Å²) in [6, 6.07) is 3.87. The quantitative estimate of drug-likeness (QED) is 0.453. The Labute approximate surface area is 182 Å². The molecule has 6 nitrogen and oxygen atoms in total. The molecule has 2 amide bonds. The second-order valence-electron chi connectivity index (χ2n) is 10.2. The number of hydrogen-bond acceptors (Lipinski definition) is 4. The van der Waals surface area contributed by atoms with Gasteiger partial charge in [0.25, 0.3) is 0 Å². The molecule has 0 aliphatic carbocycles. The number of hydrogen-bond donors (Lipinski definition) is 4. The van der Waals surface area contributed by atoms with Crippen LogP contribution in [0, 0.1) is 23.2 Å². The van der Waals surface area contributed by atoms with Gasteiger partial charge >= 0.3 is 0 Å². The molecule has 0 fully saturated rings. The monoisotopic (exact) mass is 419 g/mol. The molecule has 30 heavy (non-hydrogen) atoms. The fourth-order valence-electron chi connectivity index (χ4n) is 3.28. The van der Waals surface area contributed by atoms with Crippen molar-refractivity contribution in [2.75, 3.05) is 5.32 Å². The first-order valence-corrected chi connectivity index (χ1v) is 10.9. The van der Waals surface area contributed by atoms with Gasteiger partial charge < -0.3 is 21.5 Å². The van der Waals surface area contributed by atoms with Crippen LogP contribution in [-0.4, -0.2) is 29.0 Å². The summed E-state index contributed by atoms with van der Waals surface area (Å²) in [6.45, 7) is 16.5.